The molecule has 0 radical (unpaired) electrons. The molecule has 0 spiro atoms. The van der Waals surface area contributed by atoms with Crippen molar-refractivity contribution in [1.82, 2.24) is 0 Å². The fourth-order valence-corrected chi connectivity index (χ4v) is 3.67. The van der Waals surface area contributed by atoms with Crippen LogP contribution in [0, 0.1) is 5.82 Å². The van der Waals surface area contributed by atoms with Crippen LogP contribution in [0.4, 0.5) is 15.8 Å². The van der Waals surface area contributed by atoms with E-state index in [2.05, 4.69) is 49.7 Å². The topological polar surface area (TPSA) is 15.6 Å². The SMILES string of the molecule is CCN1c2cc(Cl)c(C=Nc3ccc(F)cc3)cc2C(C)=CC1(C)C. The van der Waals surface area contributed by atoms with Crippen molar-refractivity contribution in [2.75, 3.05) is 11.4 Å². The van der Waals surface area contributed by atoms with Crippen LogP contribution in [-0.2, 0) is 0 Å². The molecule has 0 unspecified atom stereocenters. The van der Waals surface area contributed by atoms with Crippen molar-refractivity contribution in [3.05, 3.63) is 64.4 Å². The smallest absolute Gasteiger partial charge is 0.123 e. The molecule has 2 aromatic rings. The molecule has 0 aliphatic carbocycles. The summed E-state index contributed by atoms with van der Waals surface area (Å²) >= 11 is 6.52. The largest absolute Gasteiger partial charge is 0.363 e. The van der Waals surface area contributed by atoms with E-state index in [0.717, 1.165) is 17.8 Å². The lowest BCUT2D eigenvalue weighted by atomic mass is 9.88. The predicted molar refractivity (Wildman–Crippen MR) is 106 cm³/mol. The molecule has 2 aromatic carbocycles. The monoisotopic (exact) mass is 356 g/mol. The van der Waals surface area contributed by atoms with Gasteiger partial charge in [0.2, 0.25) is 0 Å². The van der Waals surface area contributed by atoms with Gasteiger partial charge < -0.3 is 4.90 Å². The number of aliphatic imine (C=N–C) groups is 1. The highest BCUT2D eigenvalue weighted by Crippen LogP contribution is 2.41. The number of anilines is 1. The highest BCUT2D eigenvalue weighted by Gasteiger charge is 2.30. The molecular weight excluding hydrogens is 335 g/mol. The number of fused-ring (bicyclic) bond motifs is 1. The van der Waals surface area contributed by atoms with Crippen molar-refractivity contribution in [3.8, 4) is 0 Å². The zero-order valence-electron chi connectivity index (χ0n) is 15.0. The van der Waals surface area contributed by atoms with Gasteiger partial charge in [-0.2, -0.15) is 0 Å². The summed E-state index contributed by atoms with van der Waals surface area (Å²) in [5.74, 6) is -0.270. The van der Waals surface area contributed by atoms with Gasteiger partial charge in [-0.15, -0.1) is 0 Å². The Morgan fingerprint density at radius 2 is 1.88 bits per heavy atom. The summed E-state index contributed by atoms with van der Waals surface area (Å²) in [5.41, 5.74) is 5.06. The van der Waals surface area contributed by atoms with Gasteiger partial charge in [-0.3, -0.25) is 4.99 Å². The van der Waals surface area contributed by atoms with Crippen LogP contribution < -0.4 is 4.90 Å². The molecule has 3 rings (SSSR count). The second kappa shape index (κ2) is 6.64. The lowest BCUT2D eigenvalue weighted by Crippen LogP contribution is -2.44. The molecule has 0 atom stereocenters. The summed E-state index contributed by atoms with van der Waals surface area (Å²) in [6, 6.07) is 10.2. The van der Waals surface area contributed by atoms with Crippen LogP contribution in [0.15, 0.2) is 47.5 Å². The Hall–Kier alpha value is -2.13. The lowest BCUT2D eigenvalue weighted by molar-refractivity contribution is 0.566. The number of allylic oxidation sites excluding steroid dienone is 1. The van der Waals surface area contributed by atoms with Gasteiger partial charge in [-0.05, 0) is 69.7 Å². The van der Waals surface area contributed by atoms with Crippen LogP contribution in [0.2, 0.25) is 5.02 Å². The first-order valence-electron chi connectivity index (χ1n) is 8.42. The number of halogens is 2. The molecule has 0 fully saturated rings. The molecule has 0 amide bonds. The maximum absolute atomic E-state index is 13.0. The van der Waals surface area contributed by atoms with Crippen LogP contribution >= 0.6 is 11.6 Å². The van der Waals surface area contributed by atoms with E-state index < -0.39 is 0 Å². The fourth-order valence-electron chi connectivity index (χ4n) is 3.46. The minimum absolute atomic E-state index is 0.0428. The Morgan fingerprint density at radius 1 is 1.20 bits per heavy atom. The Labute approximate surface area is 153 Å². The summed E-state index contributed by atoms with van der Waals surface area (Å²) in [4.78, 5) is 6.76. The zero-order chi connectivity index (χ0) is 18.2. The van der Waals surface area contributed by atoms with Gasteiger partial charge in [0.25, 0.3) is 0 Å². The van der Waals surface area contributed by atoms with E-state index in [9.17, 15) is 4.39 Å². The zero-order valence-corrected chi connectivity index (χ0v) is 15.7. The van der Waals surface area contributed by atoms with E-state index >= 15 is 0 Å². The number of rotatable bonds is 3. The van der Waals surface area contributed by atoms with Crippen molar-refractivity contribution in [3.63, 3.8) is 0 Å². The van der Waals surface area contributed by atoms with E-state index in [1.807, 2.05) is 6.07 Å². The first kappa shape index (κ1) is 17.7. The minimum Gasteiger partial charge on any atom is -0.363 e. The molecule has 0 saturated carbocycles. The van der Waals surface area contributed by atoms with Gasteiger partial charge in [0.1, 0.15) is 5.82 Å². The molecule has 0 aromatic heterocycles. The summed E-state index contributed by atoms with van der Waals surface area (Å²) in [6.07, 6.45) is 4.02. The molecular formula is C21H22ClFN2. The van der Waals surface area contributed by atoms with Gasteiger partial charge in [-0.25, -0.2) is 4.39 Å². The van der Waals surface area contributed by atoms with Gasteiger partial charge >= 0.3 is 0 Å². The van der Waals surface area contributed by atoms with Crippen LogP contribution in [0.1, 0.15) is 38.8 Å². The van der Waals surface area contributed by atoms with Gasteiger partial charge in [0, 0.05) is 29.6 Å². The molecule has 0 saturated heterocycles. The van der Waals surface area contributed by atoms with Gasteiger partial charge in [-0.1, -0.05) is 17.7 Å². The number of benzene rings is 2. The predicted octanol–water partition coefficient (Wildman–Crippen LogP) is 6.25. The molecule has 130 valence electrons. The number of nitrogens with zero attached hydrogens (tertiary/aromatic N) is 2. The molecule has 25 heavy (non-hydrogen) atoms. The summed E-state index contributed by atoms with van der Waals surface area (Å²) in [6.45, 7) is 9.60. The highest BCUT2D eigenvalue weighted by molar-refractivity contribution is 6.33. The van der Waals surface area contributed by atoms with Crippen LogP contribution in [0.3, 0.4) is 0 Å². The van der Waals surface area contributed by atoms with E-state index in [0.29, 0.717) is 10.7 Å². The summed E-state index contributed by atoms with van der Waals surface area (Å²) < 4.78 is 13.0. The Kier molecular flexibility index (Phi) is 4.70. The van der Waals surface area contributed by atoms with Crippen LogP contribution in [0.25, 0.3) is 5.57 Å². The molecule has 1 aliphatic heterocycles. The van der Waals surface area contributed by atoms with Crippen molar-refractivity contribution < 1.29 is 4.39 Å². The Balaban J connectivity index is 2.02. The highest BCUT2D eigenvalue weighted by atomic mass is 35.5. The average molecular weight is 357 g/mol. The lowest BCUT2D eigenvalue weighted by Gasteiger charge is -2.43. The second-order valence-electron chi connectivity index (χ2n) is 6.85. The number of hydrogen-bond acceptors (Lipinski definition) is 2. The maximum atomic E-state index is 13.0. The van der Waals surface area contributed by atoms with Gasteiger partial charge in [0.15, 0.2) is 0 Å². The van der Waals surface area contributed by atoms with Crippen molar-refractivity contribution in [1.29, 1.82) is 0 Å². The first-order valence-corrected chi connectivity index (χ1v) is 8.80. The van der Waals surface area contributed by atoms with E-state index in [-0.39, 0.29) is 11.4 Å². The number of likely N-dealkylation sites (N-methyl/N-ethyl adjacent to an activating group) is 1. The minimum atomic E-state index is -0.270. The molecule has 1 aliphatic rings. The van der Waals surface area contributed by atoms with Crippen LogP contribution in [-0.4, -0.2) is 18.3 Å². The summed E-state index contributed by atoms with van der Waals surface area (Å²) in [5, 5.41) is 0.661. The number of hydrogen-bond donors (Lipinski definition) is 0. The standard InChI is InChI=1S/C21H22ClFN2/c1-5-25-20-11-19(22)15(10-18(20)14(2)12-21(25,3)4)13-24-17-8-6-16(23)7-9-17/h6-13H,5H2,1-4H3. The average Bonchev–Trinajstić information content (AvgIpc) is 2.54. The second-order valence-corrected chi connectivity index (χ2v) is 7.26. The Morgan fingerprint density at radius 3 is 2.52 bits per heavy atom. The van der Waals surface area contributed by atoms with E-state index in [1.165, 1.54) is 23.3 Å². The Bertz CT molecular complexity index is 851. The van der Waals surface area contributed by atoms with Crippen molar-refractivity contribution >= 4 is 34.8 Å². The molecule has 1 heterocycles. The molecule has 2 nitrogen and oxygen atoms in total. The normalized spacial score (nSPS) is 16.1. The molecule has 4 heteroatoms. The van der Waals surface area contributed by atoms with Gasteiger partial charge in [0.05, 0.1) is 16.2 Å². The third-order valence-electron chi connectivity index (χ3n) is 4.59. The third-order valence-corrected chi connectivity index (χ3v) is 4.92. The summed E-state index contributed by atoms with van der Waals surface area (Å²) in [7, 11) is 0. The van der Waals surface area contributed by atoms with Crippen molar-refractivity contribution in [2.24, 2.45) is 4.99 Å². The fraction of sp³-hybridized carbons (Fsp3) is 0.286. The molecule has 0 N–H and O–H groups in total. The van der Waals surface area contributed by atoms with E-state index in [1.54, 1.807) is 18.3 Å². The van der Waals surface area contributed by atoms with Crippen LogP contribution in [0.5, 0.6) is 0 Å². The quantitative estimate of drug-likeness (QED) is 0.593. The first-order chi connectivity index (χ1) is 11.8. The van der Waals surface area contributed by atoms with Crippen molar-refractivity contribution in [2.45, 2.75) is 33.2 Å². The molecule has 0 bridgehead atoms. The third kappa shape index (κ3) is 3.47. The van der Waals surface area contributed by atoms with E-state index in [4.69, 9.17) is 11.6 Å². The maximum Gasteiger partial charge on any atom is 0.123 e.